The highest BCUT2D eigenvalue weighted by Gasteiger charge is 2.35. The number of piperidine rings is 1. The summed E-state index contributed by atoms with van der Waals surface area (Å²) in [4.78, 5) is 25.0. The van der Waals surface area contributed by atoms with Crippen LogP contribution in [-0.2, 0) is 23.5 Å². The van der Waals surface area contributed by atoms with Crippen molar-refractivity contribution in [2.45, 2.75) is 56.9 Å². The molecule has 1 saturated heterocycles. The summed E-state index contributed by atoms with van der Waals surface area (Å²) in [6.45, 7) is 4.67. The van der Waals surface area contributed by atoms with Gasteiger partial charge in [-0.3, -0.25) is 14.5 Å². The van der Waals surface area contributed by atoms with Crippen LogP contribution in [0.1, 0.15) is 56.8 Å². The van der Waals surface area contributed by atoms with Gasteiger partial charge in [-0.15, -0.1) is 0 Å². The molecule has 3 aromatic heterocycles. The van der Waals surface area contributed by atoms with E-state index in [1.54, 1.807) is 41.9 Å². The maximum atomic E-state index is 14.0. The molecule has 1 atom stereocenters. The second-order valence-electron chi connectivity index (χ2n) is 9.44. The minimum absolute atomic E-state index is 0.120. The van der Waals surface area contributed by atoms with Crippen molar-refractivity contribution in [2.24, 2.45) is 7.05 Å². The van der Waals surface area contributed by atoms with Gasteiger partial charge in [0.25, 0.3) is 5.56 Å². The van der Waals surface area contributed by atoms with E-state index in [1.165, 1.54) is 4.68 Å². The van der Waals surface area contributed by atoms with E-state index in [2.05, 4.69) is 15.1 Å². The number of hydrogen-bond acceptors (Lipinski definition) is 7. The lowest BCUT2D eigenvalue weighted by Gasteiger charge is -2.35. The molecule has 1 aliphatic rings. The van der Waals surface area contributed by atoms with Crippen LogP contribution >= 0.6 is 0 Å². The van der Waals surface area contributed by atoms with E-state index >= 15 is 0 Å². The van der Waals surface area contributed by atoms with Crippen molar-refractivity contribution < 1.29 is 13.2 Å². The number of nitrogens with zero attached hydrogens (tertiary/aromatic N) is 5. The molecule has 11 heteroatoms. The third-order valence-electron chi connectivity index (χ3n) is 6.88. The third-order valence-corrected chi connectivity index (χ3v) is 8.79. The van der Waals surface area contributed by atoms with Gasteiger partial charge in [-0.05, 0) is 56.0 Å². The van der Waals surface area contributed by atoms with Crippen molar-refractivity contribution >= 4 is 21.1 Å². The predicted octanol–water partition coefficient (Wildman–Crippen LogP) is 3.99. The quantitative estimate of drug-likeness (QED) is 0.361. The van der Waals surface area contributed by atoms with Crippen molar-refractivity contribution in [3.63, 3.8) is 0 Å². The first kappa shape index (κ1) is 26.1. The van der Waals surface area contributed by atoms with Gasteiger partial charge in [0, 0.05) is 26.0 Å². The van der Waals surface area contributed by atoms with Gasteiger partial charge in [-0.1, -0.05) is 25.8 Å². The monoisotopic (exact) mass is 536 g/mol. The second-order valence-corrected chi connectivity index (χ2v) is 11.3. The largest absolute Gasteiger partial charge is 0.493 e. The maximum Gasteiger partial charge on any atom is 0.277 e. The molecule has 0 bridgehead atoms. The number of H-pyrrole nitrogens is 1. The van der Waals surface area contributed by atoms with E-state index in [9.17, 15) is 13.2 Å². The maximum absolute atomic E-state index is 14.0. The summed E-state index contributed by atoms with van der Waals surface area (Å²) in [5.74, 6) is 0.688. The van der Waals surface area contributed by atoms with E-state index in [-0.39, 0.29) is 22.3 Å². The van der Waals surface area contributed by atoms with Crippen LogP contribution in [0.2, 0.25) is 0 Å². The van der Waals surface area contributed by atoms with Gasteiger partial charge >= 0.3 is 0 Å². The van der Waals surface area contributed by atoms with Gasteiger partial charge in [-0.25, -0.2) is 13.4 Å². The summed E-state index contributed by atoms with van der Waals surface area (Å²) < 4.78 is 36.9. The van der Waals surface area contributed by atoms with Crippen LogP contribution in [0.15, 0.2) is 52.4 Å². The Hall–Kier alpha value is -3.57. The molecular weight excluding hydrogens is 504 g/mol. The van der Waals surface area contributed by atoms with Crippen LogP contribution in [0.25, 0.3) is 22.4 Å². The average Bonchev–Trinajstić information content (AvgIpc) is 3.25. The van der Waals surface area contributed by atoms with Crippen LogP contribution < -0.4 is 10.3 Å². The molecule has 38 heavy (non-hydrogen) atoms. The van der Waals surface area contributed by atoms with Crippen LogP contribution in [-0.4, -0.2) is 50.6 Å². The first-order valence-electron chi connectivity index (χ1n) is 13.0. The number of aromatic nitrogens is 5. The van der Waals surface area contributed by atoms with Crippen LogP contribution in [0.3, 0.4) is 0 Å². The number of hydrogen-bond donors (Lipinski definition) is 1. The summed E-state index contributed by atoms with van der Waals surface area (Å²) in [5, 5.41) is 4.48. The number of rotatable bonds is 8. The zero-order chi connectivity index (χ0) is 26.9. The molecule has 1 aromatic carbocycles. The topological polar surface area (TPSA) is 123 Å². The Labute approximate surface area is 221 Å². The predicted molar refractivity (Wildman–Crippen MR) is 144 cm³/mol. The summed E-state index contributed by atoms with van der Waals surface area (Å²) in [5.41, 5.74) is 2.56. The normalized spacial score (nSPS) is 16.7. The molecule has 4 heterocycles. The van der Waals surface area contributed by atoms with Crippen molar-refractivity contribution in [1.82, 2.24) is 29.0 Å². The third kappa shape index (κ3) is 4.71. The van der Waals surface area contributed by atoms with Gasteiger partial charge in [0.05, 0.1) is 28.8 Å². The Morgan fingerprint density at radius 2 is 2.03 bits per heavy atom. The zero-order valence-electron chi connectivity index (χ0n) is 21.8. The van der Waals surface area contributed by atoms with Gasteiger partial charge in [0.1, 0.15) is 17.1 Å². The van der Waals surface area contributed by atoms with Crippen LogP contribution in [0.5, 0.6) is 5.75 Å². The Kier molecular flexibility index (Phi) is 7.31. The molecule has 0 saturated carbocycles. The summed E-state index contributed by atoms with van der Waals surface area (Å²) in [7, 11) is -2.16. The van der Waals surface area contributed by atoms with E-state index in [0.29, 0.717) is 41.9 Å². The van der Waals surface area contributed by atoms with Gasteiger partial charge in [0.2, 0.25) is 10.0 Å². The Bertz CT molecular complexity index is 1610. The standard InChI is InChI=1S/C27H32N6O4S/c1-4-9-21-24-25(32(3)31-21)27(34)30-26(29-24)20-16-19(12-13-23(20)37-5-2)38(35,36)33-15-7-6-11-22(33)18-10-8-14-28-17-18/h8,10,12-14,16-17,22H,4-7,9,11,15H2,1-3H3,(H,29,30,34). The van der Waals surface area contributed by atoms with Crippen molar-refractivity contribution in [3.8, 4) is 17.1 Å². The Morgan fingerprint density at radius 3 is 2.76 bits per heavy atom. The molecule has 0 aliphatic carbocycles. The highest BCUT2D eigenvalue weighted by Crippen LogP contribution is 2.37. The minimum Gasteiger partial charge on any atom is -0.493 e. The smallest absolute Gasteiger partial charge is 0.277 e. The lowest BCUT2D eigenvalue weighted by atomic mass is 9.99. The summed E-state index contributed by atoms with van der Waals surface area (Å²) in [6.07, 6.45) is 7.38. The van der Waals surface area contributed by atoms with Gasteiger partial charge < -0.3 is 9.72 Å². The number of nitrogens with one attached hydrogen (secondary N) is 1. The fraction of sp³-hybridized carbons (Fsp3) is 0.407. The second kappa shape index (κ2) is 10.7. The van der Waals surface area contributed by atoms with Crippen molar-refractivity contribution in [1.29, 1.82) is 0 Å². The summed E-state index contributed by atoms with van der Waals surface area (Å²) >= 11 is 0. The van der Waals surface area contributed by atoms with Crippen LogP contribution in [0.4, 0.5) is 0 Å². The number of aromatic amines is 1. The molecule has 1 N–H and O–H groups in total. The van der Waals surface area contributed by atoms with Crippen molar-refractivity contribution in [2.75, 3.05) is 13.2 Å². The van der Waals surface area contributed by atoms with E-state index in [0.717, 1.165) is 36.9 Å². The number of pyridine rings is 1. The molecule has 0 amide bonds. The number of sulfonamides is 1. The van der Waals surface area contributed by atoms with E-state index < -0.39 is 10.0 Å². The zero-order valence-corrected chi connectivity index (χ0v) is 22.7. The molecule has 1 unspecified atom stereocenters. The SMILES string of the molecule is CCCc1nn(C)c2c(=O)[nH]c(-c3cc(S(=O)(=O)N4CCCCC4c4cccnc4)ccc3OCC)nc12. The first-order valence-corrected chi connectivity index (χ1v) is 14.4. The molecule has 0 radical (unpaired) electrons. The van der Waals surface area contributed by atoms with E-state index in [1.807, 2.05) is 26.0 Å². The molecule has 0 spiro atoms. The van der Waals surface area contributed by atoms with E-state index in [4.69, 9.17) is 9.72 Å². The number of ether oxygens (including phenoxy) is 1. The lowest BCUT2D eigenvalue weighted by Crippen LogP contribution is -2.38. The molecule has 200 valence electrons. The minimum atomic E-state index is -3.87. The average molecular weight is 537 g/mol. The summed E-state index contributed by atoms with van der Waals surface area (Å²) in [6, 6.07) is 8.19. The molecule has 10 nitrogen and oxygen atoms in total. The van der Waals surface area contributed by atoms with Gasteiger partial charge in [-0.2, -0.15) is 9.40 Å². The Morgan fingerprint density at radius 1 is 1.18 bits per heavy atom. The fourth-order valence-corrected chi connectivity index (χ4v) is 6.86. The molecule has 5 rings (SSSR count). The number of fused-ring (bicyclic) bond motifs is 1. The first-order chi connectivity index (χ1) is 18.3. The fourth-order valence-electron chi connectivity index (χ4n) is 5.15. The highest BCUT2D eigenvalue weighted by atomic mass is 32.2. The molecule has 4 aromatic rings. The molecule has 1 fully saturated rings. The highest BCUT2D eigenvalue weighted by molar-refractivity contribution is 7.89. The lowest BCUT2D eigenvalue weighted by molar-refractivity contribution is 0.255. The number of aryl methyl sites for hydroxylation is 2. The Balaban J connectivity index is 1.63. The molecular formula is C27H32N6O4S. The molecule has 1 aliphatic heterocycles. The van der Waals surface area contributed by atoms with Gasteiger partial charge in [0.15, 0.2) is 5.52 Å². The van der Waals surface area contributed by atoms with Crippen molar-refractivity contribution in [3.05, 3.63) is 64.3 Å². The van der Waals surface area contributed by atoms with Crippen LogP contribution in [0, 0.1) is 0 Å². The number of benzene rings is 1.